The van der Waals surface area contributed by atoms with Gasteiger partial charge in [0.2, 0.25) is 5.95 Å². The predicted octanol–water partition coefficient (Wildman–Crippen LogP) is 4.32. The van der Waals surface area contributed by atoms with Gasteiger partial charge in [-0.2, -0.15) is 0 Å². The average molecular weight is 439 g/mol. The van der Waals surface area contributed by atoms with Gasteiger partial charge in [0, 0.05) is 30.9 Å². The molecular weight excluding hydrogens is 411 g/mol. The van der Waals surface area contributed by atoms with Crippen molar-refractivity contribution in [3.8, 4) is 22.7 Å². The molecule has 0 aliphatic heterocycles. The first-order valence-corrected chi connectivity index (χ1v) is 10.8. The fourth-order valence-corrected chi connectivity index (χ4v) is 5.63. The Morgan fingerprint density at radius 1 is 1.25 bits per heavy atom. The van der Waals surface area contributed by atoms with Gasteiger partial charge < -0.3 is 14.4 Å². The van der Waals surface area contributed by atoms with Crippen LogP contribution in [0.4, 0.5) is 10.3 Å². The number of fused-ring (bicyclic) bond motifs is 2. The summed E-state index contributed by atoms with van der Waals surface area (Å²) < 4.78 is 17.3. The van der Waals surface area contributed by atoms with Gasteiger partial charge in [-0.1, -0.05) is 13.8 Å². The van der Waals surface area contributed by atoms with Crippen LogP contribution in [0.2, 0.25) is 0 Å². The Hall–Kier alpha value is -3.07. The molecule has 2 fully saturated rings. The summed E-state index contributed by atoms with van der Waals surface area (Å²) in [4.78, 5) is 14.9. The second kappa shape index (κ2) is 7.51. The summed E-state index contributed by atoms with van der Waals surface area (Å²) in [5.41, 5.74) is 1.64. The molecule has 4 atom stereocenters. The molecule has 32 heavy (non-hydrogen) atoms. The Bertz CT molecular complexity index is 1110. The average Bonchev–Trinajstić information content (AvgIpc) is 3.43. The Morgan fingerprint density at radius 3 is 2.78 bits per heavy atom. The van der Waals surface area contributed by atoms with Crippen molar-refractivity contribution >= 4 is 5.95 Å². The van der Waals surface area contributed by atoms with Crippen molar-refractivity contribution in [3.05, 3.63) is 43.1 Å². The molecule has 0 radical (unpaired) electrons. The lowest BCUT2D eigenvalue weighted by Gasteiger charge is -2.46. The van der Waals surface area contributed by atoms with Gasteiger partial charge in [-0.25, -0.2) is 19.6 Å². The third-order valence-corrected chi connectivity index (χ3v) is 7.34. The van der Waals surface area contributed by atoms with E-state index in [2.05, 4.69) is 38.9 Å². The highest BCUT2D eigenvalue weighted by Gasteiger charge is 2.56. The van der Waals surface area contributed by atoms with Gasteiger partial charge in [0.05, 0.1) is 29.8 Å². The highest BCUT2D eigenvalue weighted by atomic mass is 19.1. The number of halogens is 1. The van der Waals surface area contributed by atoms with Crippen molar-refractivity contribution in [2.75, 3.05) is 11.9 Å². The molecule has 1 N–H and O–H groups in total. The number of hydrogen-bond donors (Lipinski definition) is 1. The Morgan fingerprint density at radius 2 is 2.09 bits per heavy atom. The van der Waals surface area contributed by atoms with Crippen molar-refractivity contribution in [2.45, 2.75) is 51.7 Å². The zero-order valence-corrected chi connectivity index (χ0v) is 18.4. The smallest absolute Gasteiger partial charge is 0.245 e. The minimum atomic E-state index is -0.934. The van der Waals surface area contributed by atoms with Gasteiger partial charge in [-0.15, -0.1) is 10.2 Å². The van der Waals surface area contributed by atoms with Crippen LogP contribution in [-0.2, 0) is 0 Å². The maximum atomic E-state index is 15.5. The molecule has 1 aromatic carbocycles. The van der Waals surface area contributed by atoms with Crippen LogP contribution in [0.25, 0.3) is 16.9 Å². The molecule has 2 bridgehead atoms. The summed E-state index contributed by atoms with van der Waals surface area (Å²) >= 11 is 0. The molecular formula is C23H27FN6O2. The lowest BCUT2D eigenvalue weighted by molar-refractivity contribution is -0.137. The van der Waals surface area contributed by atoms with Gasteiger partial charge >= 0.3 is 0 Å². The van der Waals surface area contributed by atoms with E-state index in [0.717, 1.165) is 31.4 Å². The third kappa shape index (κ3) is 3.40. The van der Waals surface area contributed by atoms with Crippen LogP contribution in [-0.4, -0.2) is 49.3 Å². The number of anilines is 1. The van der Waals surface area contributed by atoms with Crippen LogP contribution < -0.4 is 9.79 Å². The Labute approximate surface area is 186 Å². The molecule has 2 aliphatic carbocycles. The second-order valence-electron chi connectivity index (χ2n) is 9.81. The summed E-state index contributed by atoms with van der Waals surface area (Å²) in [6.45, 7) is 4.33. The molecule has 2 aliphatic rings. The topological polar surface area (TPSA) is 89.2 Å². The van der Waals surface area contributed by atoms with Crippen LogP contribution in [0, 0.1) is 10.8 Å². The standard InChI is InChI=1S/C23H27FN6O2/c1-22-6-7-23(2,13-22)20(24)18(11-22)29(3)21-26-12-17(27-28-21)16-5-4-15(10-19(16)32-31)30-9-8-25-14-30/h4-5,8-10,12,14,18,20,31H,6-7,11,13H2,1-3H3/t18-,20-,22-,23-/m0/s1. The Balaban J connectivity index is 1.40. The largest absolute Gasteiger partial charge is 0.339 e. The number of aromatic nitrogens is 5. The van der Waals surface area contributed by atoms with Crippen molar-refractivity contribution in [3.63, 3.8) is 0 Å². The first kappa shape index (κ1) is 20.8. The van der Waals surface area contributed by atoms with E-state index < -0.39 is 6.17 Å². The zero-order chi connectivity index (χ0) is 22.5. The number of nitrogens with zero attached hydrogens (tertiary/aromatic N) is 6. The zero-order valence-electron chi connectivity index (χ0n) is 18.4. The lowest BCUT2D eigenvalue weighted by atomic mass is 9.67. The fraction of sp³-hybridized carbons (Fsp3) is 0.478. The van der Waals surface area contributed by atoms with E-state index in [1.807, 2.05) is 18.0 Å². The molecule has 2 heterocycles. The van der Waals surface area contributed by atoms with Gasteiger partial charge in [0.15, 0.2) is 5.75 Å². The second-order valence-corrected chi connectivity index (χ2v) is 9.81. The summed E-state index contributed by atoms with van der Waals surface area (Å²) in [6, 6.07) is 5.02. The number of alkyl halides is 1. The van der Waals surface area contributed by atoms with E-state index in [9.17, 15) is 5.26 Å². The molecule has 168 valence electrons. The normalized spacial score (nSPS) is 29.2. The summed E-state index contributed by atoms with van der Waals surface area (Å²) in [5, 5.41) is 18.0. The summed E-state index contributed by atoms with van der Waals surface area (Å²) in [7, 11) is 1.84. The highest BCUT2D eigenvalue weighted by Crippen LogP contribution is 2.59. The molecule has 2 saturated carbocycles. The van der Waals surface area contributed by atoms with E-state index >= 15 is 4.39 Å². The van der Waals surface area contributed by atoms with E-state index in [1.165, 1.54) is 0 Å². The quantitative estimate of drug-likeness (QED) is 0.469. The number of hydrogen-bond acceptors (Lipinski definition) is 7. The minimum Gasteiger partial charge on any atom is -0.339 e. The molecule has 0 saturated heterocycles. The van der Waals surface area contributed by atoms with Crippen LogP contribution in [0.15, 0.2) is 43.1 Å². The van der Waals surface area contributed by atoms with Crippen molar-refractivity contribution in [1.82, 2.24) is 24.7 Å². The van der Waals surface area contributed by atoms with E-state index in [1.54, 1.807) is 41.6 Å². The van der Waals surface area contributed by atoms with Crippen LogP contribution in [0.1, 0.15) is 39.5 Å². The maximum absolute atomic E-state index is 15.5. The van der Waals surface area contributed by atoms with Crippen molar-refractivity contribution in [2.24, 2.45) is 10.8 Å². The van der Waals surface area contributed by atoms with E-state index in [-0.39, 0.29) is 22.6 Å². The van der Waals surface area contributed by atoms with Crippen molar-refractivity contribution < 1.29 is 14.5 Å². The lowest BCUT2D eigenvalue weighted by Crippen LogP contribution is -2.52. The summed E-state index contributed by atoms with van der Waals surface area (Å²) in [5.74, 6) is 0.610. The molecule has 0 unspecified atom stereocenters. The summed E-state index contributed by atoms with van der Waals surface area (Å²) in [6.07, 6.45) is 9.44. The fourth-order valence-electron chi connectivity index (χ4n) is 5.63. The van der Waals surface area contributed by atoms with Gasteiger partial charge in [0.1, 0.15) is 11.9 Å². The van der Waals surface area contributed by atoms with E-state index in [4.69, 9.17) is 0 Å². The molecule has 0 amide bonds. The van der Waals surface area contributed by atoms with Crippen LogP contribution in [0.3, 0.4) is 0 Å². The van der Waals surface area contributed by atoms with E-state index in [0.29, 0.717) is 17.2 Å². The Kier molecular flexibility index (Phi) is 4.88. The first-order chi connectivity index (χ1) is 15.3. The molecule has 5 rings (SSSR count). The SMILES string of the molecule is CN(c1ncc(-c2ccc(-n3ccnc3)cc2OO)nn1)[C@H]1C[C@]2(C)CC[C@@](C)(C2)[C@H]1F. The molecule has 2 aromatic heterocycles. The van der Waals surface area contributed by atoms with Crippen molar-refractivity contribution in [1.29, 1.82) is 0 Å². The predicted molar refractivity (Wildman–Crippen MR) is 117 cm³/mol. The molecule has 3 aromatic rings. The first-order valence-electron chi connectivity index (χ1n) is 10.8. The highest BCUT2D eigenvalue weighted by molar-refractivity contribution is 5.68. The van der Waals surface area contributed by atoms with Gasteiger partial charge in [-0.05, 0) is 43.2 Å². The minimum absolute atomic E-state index is 0.161. The van der Waals surface area contributed by atoms with Gasteiger partial charge in [0.25, 0.3) is 0 Å². The van der Waals surface area contributed by atoms with Crippen LogP contribution >= 0.6 is 0 Å². The molecule has 8 nitrogen and oxygen atoms in total. The molecule has 9 heteroatoms. The number of imidazole rings is 1. The van der Waals surface area contributed by atoms with Gasteiger partial charge in [-0.3, -0.25) is 0 Å². The number of benzene rings is 1. The molecule has 0 spiro atoms. The number of rotatable bonds is 5. The maximum Gasteiger partial charge on any atom is 0.245 e. The van der Waals surface area contributed by atoms with Crippen LogP contribution in [0.5, 0.6) is 5.75 Å². The third-order valence-electron chi connectivity index (χ3n) is 7.34. The monoisotopic (exact) mass is 438 g/mol.